The van der Waals surface area contributed by atoms with Gasteiger partial charge in [-0.15, -0.1) is 0 Å². The first-order valence-electron chi connectivity index (χ1n) is 6.46. The summed E-state index contributed by atoms with van der Waals surface area (Å²) in [5.41, 5.74) is 0. The Labute approximate surface area is 94.9 Å². The molecule has 80 valence electrons. The minimum atomic E-state index is 0.0386. The van der Waals surface area contributed by atoms with Gasteiger partial charge in [-0.3, -0.25) is 0 Å². The van der Waals surface area contributed by atoms with Crippen LogP contribution in [0.2, 0.25) is 6.04 Å². The monoisotopic (exact) mass is 216 g/mol. The Morgan fingerprint density at radius 2 is 1.93 bits per heavy atom. The summed E-state index contributed by atoms with van der Waals surface area (Å²) in [6.45, 7) is 0. The molecule has 0 amide bonds. The van der Waals surface area contributed by atoms with Crippen molar-refractivity contribution in [3.05, 3.63) is 30.3 Å². The van der Waals surface area contributed by atoms with Gasteiger partial charge in [0.2, 0.25) is 0 Å². The molecule has 15 heavy (non-hydrogen) atoms. The fourth-order valence-electron chi connectivity index (χ4n) is 3.73. The predicted molar refractivity (Wildman–Crippen MR) is 68.4 cm³/mol. The lowest BCUT2D eigenvalue weighted by Crippen LogP contribution is -2.19. The molecule has 1 aromatic carbocycles. The molecule has 2 aliphatic rings. The smallest absolute Gasteiger partial charge is 0.0550 e. The molecule has 0 N–H and O–H groups in total. The Bertz CT molecular complexity index is 319. The fraction of sp³-hybridized carbons (Fsp3) is 0.571. The second kappa shape index (κ2) is 4.13. The second-order valence-corrected chi connectivity index (χ2v) is 7.35. The van der Waals surface area contributed by atoms with Gasteiger partial charge in [-0.2, -0.15) is 0 Å². The van der Waals surface area contributed by atoms with Crippen molar-refractivity contribution >= 4 is 14.7 Å². The third-order valence-electron chi connectivity index (χ3n) is 4.53. The van der Waals surface area contributed by atoms with Gasteiger partial charge in [0.05, 0.1) is 9.52 Å². The average Bonchev–Trinajstić information content (AvgIpc) is 2.89. The molecular formula is C14H20Si. The standard InChI is InChI=1S/C14H20Si/c1-2-4-14(5-3-1)15-10-13-9-11-6-7-12(13)8-11/h1-5,11-13H,6-10,15H2. The SMILES string of the molecule is c1ccc([SiH2]CC2CC3CCC2C3)cc1. The van der Waals surface area contributed by atoms with Gasteiger partial charge in [0.15, 0.2) is 0 Å². The van der Waals surface area contributed by atoms with Crippen LogP contribution in [0, 0.1) is 17.8 Å². The van der Waals surface area contributed by atoms with Crippen LogP contribution in [0.15, 0.2) is 30.3 Å². The van der Waals surface area contributed by atoms with Gasteiger partial charge < -0.3 is 0 Å². The van der Waals surface area contributed by atoms with Crippen molar-refractivity contribution in [2.75, 3.05) is 0 Å². The molecule has 1 aromatic rings. The lowest BCUT2D eigenvalue weighted by Gasteiger charge is -2.21. The molecule has 3 rings (SSSR count). The van der Waals surface area contributed by atoms with Crippen LogP contribution in [0.4, 0.5) is 0 Å². The minimum absolute atomic E-state index is 0.0386. The maximum absolute atomic E-state index is 2.33. The van der Waals surface area contributed by atoms with E-state index in [0.29, 0.717) is 0 Å². The average molecular weight is 216 g/mol. The Morgan fingerprint density at radius 1 is 1.07 bits per heavy atom. The van der Waals surface area contributed by atoms with Gasteiger partial charge in [-0.05, 0) is 37.0 Å². The molecule has 2 aliphatic carbocycles. The summed E-state index contributed by atoms with van der Waals surface area (Å²) in [5.74, 6) is 3.38. The van der Waals surface area contributed by atoms with Crippen molar-refractivity contribution < 1.29 is 0 Å². The van der Waals surface area contributed by atoms with E-state index in [0.717, 1.165) is 17.8 Å². The van der Waals surface area contributed by atoms with Crippen LogP contribution < -0.4 is 5.19 Å². The van der Waals surface area contributed by atoms with Gasteiger partial charge in [0.25, 0.3) is 0 Å². The third-order valence-corrected chi connectivity index (χ3v) is 6.61. The summed E-state index contributed by atoms with van der Waals surface area (Å²) in [7, 11) is 0.0386. The van der Waals surface area contributed by atoms with Crippen molar-refractivity contribution in [3.8, 4) is 0 Å². The summed E-state index contributed by atoms with van der Waals surface area (Å²) in [4.78, 5) is 0. The zero-order valence-corrected chi connectivity index (χ0v) is 10.8. The zero-order chi connectivity index (χ0) is 10.1. The van der Waals surface area contributed by atoms with E-state index in [4.69, 9.17) is 0 Å². The van der Waals surface area contributed by atoms with Crippen LogP contribution in [-0.2, 0) is 0 Å². The number of hydrogen-bond acceptors (Lipinski definition) is 0. The molecule has 3 atom stereocenters. The molecule has 2 saturated carbocycles. The molecule has 0 aromatic heterocycles. The Kier molecular flexibility index (Phi) is 2.66. The second-order valence-electron chi connectivity index (χ2n) is 5.46. The number of benzene rings is 1. The molecule has 0 saturated heterocycles. The van der Waals surface area contributed by atoms with E-state index in [1.165, 1.54) is 0 Å². The van der Waals surface area contributed by atoms with E-state index in [1.807, 2.05) is 0 Å². The van der Waals surface area contributed by atoms with Gasteiger partial charge in [-0.25, -0.2) is 0 Å². The lowest BCUT2D eigenvalue weighted by molar-refractivity contribution is 0.359. The highest BCUT2D eigenvalue weighted by molar-refractivity contribution is 6.53. The van der Waals surface area contributed by atoms with E-state index >= 15 is 0 Å². The van der Waals surface area contributed by atoms with E-state index in [-0.39, 0.29) is 9.52 Å². The number of fused-ring (bicyclic) bond motifs is 2. The largest absolute Gasteiger partial charge is 0.0669 e. The topological polar surface area (TPSA) is 0 Å². The molecule has 3 unspecified atom stereocenters. The van der Waals surface area contributed by atoms with Crippen LogP contribution in [0.3, 0.4) is 0 Å². The van der Waals surface area contributed by atoms with Gasteiger partial charge in [-0.1, -0.05) is 48.0 Å². The van der Waals surface area contributed by atoms with E-state index in [2.05, 4.69) is 30.3 Å². The lowest BCUT2D eigenvalue weighted by atomic mass is 9.90. The van der Waals surface area contributed by atoms with Crippen molar-refractivity contribution in [2.24, 2.45) is 17.8 Å². The van der Waals surface area contributed by atoms with Gasteiger partial charge in [0.1, 0.15) is 0 Å². The van der Waals surface area contributed by atoms with E-state index in [1.54, 1.807) is 36.9 Å². The highest BCUT2D eigenvalue weighted by Crippen LogP contribution is 2.49. The Morgan fingerprint density at radius 3 is 2.60 bits per heavy atom. The highest BCUT2D eigenvalue weighted by atomic mass is 28.2. The molecule has 2 bridgehead atoms. The summed E-state index contributed by atoms with van der Waals surface area (Å²) in [5, 5.41) is 1.67. The molecular weight excluding hydrogens is 196 g/mol. The van der Waals surface area contributed by atoms with Crippen LogP contribution in [0.25, 0.3) is 0 Å². The quantitative estimate of drug-likeness (QED) is 0.680. The normalized spacial score (nSPS) is 34.3. The van der Waals surface area contributed by atoms with Crippen LogP contribution in [0.5, 0.6) is 0 Å². The van der Waals surface area contributed by atoms with Crippen LogP contribution in [-0.4, -0.2) is 9.52 Å². The first-order valence-corrected chi connectivity index (χ1v) is 8.16. The number of hydrogen-bond donors (Lipinski definition) is 0. The summed E-state index contributed by atoms with van der Waals surface area (Å²) in [6, 6.07) is 12.8. The predicted octanol–water partition coefficient (Wildman–Crippen LogP) is 2.34. The van der Waals surface area contributed by atoms with Crippen LogP contribution in [0.1, 0.15) is 25.7 Å². The van der Waals surface area contributed by atoms with Crippen molar-refractivity contribution in [2.45, 2.75) is 31.7 Å². The van der Waals surface area contributed by atoms with Crippen molar-refractivity contribution in [1.82, 2.24) is 0 Å². The molecule has 2 fully saturated rings. The van der Waals surface area contributed by atoms with Crippen molar-refractivity contribution in [3.63, 3.8) is 0 Å². The molecule has 0 heterocycles. The first-order chi connectivity index (χ1) is 7.42. The molecule has 0 nitrogen and oxygen atoms in total. The van der Waals surface area contributed by atoms with Gasteiger partial charge >= 0.3 is 0 Å². The zero-order valence-electron chi connectivity index (χ0n) is 9.36. The summed E-state index contributed by atoms with van der Waals surface area (Å²) >= 11 is 0. The molecule has 1 heteroatoms. The van der Waals surface area contributed by atoms with Gasteiger partial charge in [0, 0.05) is 0 Å². The Hall–Kier alpha value is -0.563. The highest BCUT2D eigenvalue weighted by Gasteiger charge is 2.38. The third kappa shape index (κ3) is 2.03. The van der Waals surface area contributed by atoms with Crippen LogP contribution >= 0.6 is 0 Å². The maximum atomic E-state index is 2.33. The minimum Gasteiger partial charge on any atom is -0.0669 e. The molecule has 0 radical (unpaired) electrons. The fourth-order valence-corrected chi connectivity index (χ4v) is 5.74. The summed E-state index contributed by atoms with van der Waals surface area (Å²) in [6.07, 6.45) is 6.25. The van der Waals surface area contributed by atoms with E-state index < -0.39 is 0 Å². The van der Waals surface area contributed by atoms with E-state index in [9.17, 15) is 0 Å². The first kappa shape index (κ1) is 9.65. The molecule has 0 aliphatic heterocycles. The molecule has 0 spiro atoms. The summed E-state index contributed by atoms with van der Waals surface area (Å²) < 4.78 is 0. The Balaban J connectivity index is 1.55. The number of rotatable bonds is 3. The maximum Gasteiger partial charge on any atom is 0.0550 e. The van der Waals surface area contributed by atoms with Crippen molar-refractivity contribution in [1.29, 1.82) is 0 Å².